The van der Waals surface area contributed by atoms with Crippen LogP contribution in [0.15, 0.2) is 42.1 Å². The lowest BCUT2D eigenvalue weighted by molar-refractivity contribution is 0.0697. The van der Waals surface area contributed by atoms with Crippen molar-refractivity contribution in [2.75, 3.05) is 25.4 Å². The minimum Gasteiger partial charge on any atom is -0.367 e. The molecule has 5 rings (SSSR count). The van der Waals surface area contributed by atoms with Gasteiger partial charge in [0.05, 0.1) is 11.3 Å². The second-order valence-corrected chi connectivity index (χ2v) is 11.0. The molecule has 1 aliphatic carbocycles. The van der Waals surface area contributed by atoms with Crippen LogP contribution in [-0.2, 0) is 23.0 Å². The highest BCUT2D eigenvalue weighted by Crippen LogP contribution is 2.35. The number of carbonyl (C=O) groups is 1. The first-order valence-corrected chi connectivity index (χ1v) is 12.8. The maximum atomic E-state index is 13.2. The predicted molar refractivity (Wildman–Crippen MR) is 122 cm³/mol. The Kier molecular flexibility index (Phi) is 4.96. The van der Waals surface area contributed by atoms with Crippen molar-refractivity contribution < 1.29 is 13.2 Å². The summed E-state index contributed by atoms with van der Waals surface area (Å²) in [5.41, 5.74) is 4.42. The Morgan fingerprint density at radius 1 is 1.16 bits per heavy atom. The van der Waals surface area contributed by atoms with Gasteiger partial charge in [-0.2, -0.15) is 0 Å². The van der Waals surface area contributed by atoms with Crippen LogP contribution in [0.2, 0.25) is 0 Å². The highest BCUT2D eigenvalue weighted by molar-refractivity contribution is 7.90. The zero-order chi connectivity index (χ0) is 21.8. The van der Waals surface area contributed by atoms with E-state index in [-0.39, 0.29) is 11.7 Å². The van der Waals surface area contributed by atoms with E-state index in [0.717, 1.165) is 49.1 Å². The van der Waals surface area contributed by atoms with Crippen LogP contribution >= 0.6 is 0 Å². The number of amides is 1. The quantitative estimate of drug-likeness (QED) is 0.731. The first kappa shape index (κ1) is 20.4. The minimum atomic E-state index is -3.44. The Labute approximate surface area is 183 Å². The first-order chi connectivity index (χ1) is 14.9. The third kappa shape index (κ3) is 3.39. The monoisotopic (exact) mass is 439 g/mol. The van der Waals surface area contributed by atoms with Gasteiger partial charge in [-0.3, -0.25) is 4.79 Å². The van der Waals surface area contributed by atoms with E-state index in [2.05, 4.69) is 24.0 Å². The van der Waals surface area contributed by atoms with Gasteiger partial charge in [-0.1, -0.05) is 13.0 Å². The van der Waals surface area contributed by atoms with Crippen molar-refractivity contribution in [2.45, 2.75) is 39.7 Å². The summed E-state index contributed by atoms with van der Waals surface area (Å²) in [6.45, 7) is 6.94. The molecular formula is C24H29N3O3S. The van der Waals surface area contributed by atoms with Crippen LogP contribution in [0.25, 0.3) is 10.9 Å². The van der Waals surface area contributed by atoms with E-state index in [4.69, 9.17) is 0 Å². The zero-order valence-corrected chi connectivity index (χ0v) is 19.0. The third-order valence-electron chi connectivity index (χ3n) is 6.96. The second-order valence-electron chi connectivity index (χ2n) is 8.92. The average Bonchev–Trinajstić information content (AvgIpc) is 3.06. The lowest BCUT2D eigenvalue weighted by Gasteiger charge is -2.32. The van der Waals surface area contributed by atoms with Crippen LogP contribution in [-0.4, -0.2) is 53.5 Å². The molecule has 2 aromatic rings. The summed E-state index contributed by atoms with van der Waals surface area (Å²) >= 11 is 0. The number of carbonyl (C=O) groups excluding carboxylic acids is 1. The smallest absolute Gasteiger partial charge is 0.253 e. The highest BCUT2D eigenvalue weighted by atomic mass is 32.2. The van der Waals surface area contributed by atoms with Crippen LogP contribution in [0.5, 0.6) is 0 Å². The van der Waals surface area contributed by atoms with E-state index in [9.17, 15) is 13.2 Å². The highest BCUT2D eigenvalue weighted by Gasteiger charge is 2.30. The van der Waals surface area contributed by atoms with E-state index >= 15 is 0 Å². The predicted octanol–water partition coefficient (Wildman–Crippen LogP) is 3.52. The van der Waals surface area contributed by atoms with Crippen molar-refractivity contribution in [3.8, 4) is 0 Å². The van der Waals surface area contributed by atoms with Gasteiger partial charge in [-0.05, 0) is 56.0 Å². The molecule has 0 radical (unpaired) electrons. The normalized spacial score (nSPS) is 19.4. The van der Waals surface area contributed by atoms with Gasteiger partial charge in [0.25, 0.3) is 5.91 Å². The molecule has 0 atom stereocenters. The number of fused-ring (bicyclic) bond motifs is 3. The van der Waals surface area contributed by atoms with E-state index < -0.39 is 10.0 Å². The molecule has 0 spiro atoms. The molecule has 164 valence electrons. The van der Waals surface area contributed by atoms with Crippen molar-refractivity contribution in [3.63, 3.8) is 0 Å². The van der Waals surface area contributed by atoms with Gasteiger partial charge in [0, 0.05) is 60.5 Å². The fraction of sp³-hybridized carbons (Fsp3) is 0.458. The standard InChI is InChI=1S/C24H29N3O3S/c1-3-31(29,30)27-22-8-7-18(24(28)25-12-9-17(2)10-13-25)15-20(22)21-16-26(14-11-23(21)27)19-5-4-6-19/h4-8,15,17H,3,9-14,16H2,1-2H3. The van der Waals surface area contributed by atoms with Crippen molar-refractivity contribution in [1.29, 1.82) is 0 Å². The van der Waals surface area contributed by atoms with Crippen LogP contribution in [0.3, 0.4) is 0 Å². The lowest BCUT2D eigenvalue weighted by Crippen LogP contribution is -2.37. The molecule has 2 aliphatic heterocycles. The molecule has 0 unspecified atom stereocenters. The Bertz CT molecular complexity index is 1210. The molecule has 0 saturated carbocycles. The molecule has 1 saturated heterocycles. The maximum Gasteiger partial charge on any atom is 0.253 e. The Morgan fingerprint density at radius 3 is 2.55 bits per heavy atom. The van der Waals surface area contributed by atoms with Crippen LogP contribution in [0.1, 0.15) is 48.3 Å². The average molecular weight is 440 g/mol. The van der Waals surface area contributed by atoms with E-state index in [1.165, 1.54) is 9.67 Å². The molecule has 31 heavy (non-hydrogen) atoms. The fourth-order valence-electron chi connectivity index (χ4n) is 4.91. The summed E-state index contributed by atoms with van der Waals surface area (Å²) in [6.07, 6.45) is 8.92. The first-order valence-electron chi connectivity index (χ1n) is 11.2. The Hall–Kier alpha value is -2.54. The van der Waals surface area contributed by atoms with Crippen molar-refractivity contribution in [1.82, 2.24) is 13.8 Å². The maximum absolute atomic E-state index is 13.2. The van der Waals surface area contributed by atoms with E-state index in [1.54, 1.807) is 13.0 Å². The number of piperidine rings is 1. The number of rotatable bonds is 4. The van der Waals surface area contributed by atoms with E-state index in [1.807, 2.05) is 23.1 Å². The molecule has 6 nitrogen and oxygen atoms in total. The number of aromatic nitrogens is 1. The van der Waals surface area contributed by atoms with Crippen LogP contribution in [0.4, 0.5) is 0 Å². The van der Waals surface area contributed by atoms with Gasteiger partial charge >= 0.3 is 0 Å². The number of allylic oxidation sites excluding steroid dienone is 3. The van der Waals surface area contributed by atoms with Gasteiger partial charge in [0.15, 0.2) is 0 Å². The molecule has 3 heterocycles. The third-order valence-corrected chi connectivity index (χ3v) is 8.66. The summed E-state index contributed by atoms with van der Waals surface area (Å²) in [4.78, 5) is 17.4. The number of benzene rings is 1. The zero-order valence-electron chi connectivity index (χ0n) is 18.2. The van der Waals surface area contributed by atoms with Gasteiger partial charge in [0.2, 0.25) is 10.0 Å². The summed E-state index contributed by atoms with van der Waals surface area (Å²) < 4.78 is 27.5. The van der Waals surface area contributed by atoms with Gasteiger partial charge in [0.1, 0.15) is 0 Å². The lowest BCUT2D eigenvalue weighted by atomic mass is 9.98. The minimum absolute atomic E-state index is 0.0472. The molecule has 1 amide bonds. The molecule has 1 aromatic heterocycles. The Morgan fingerprint density at radius 2 is 1.90 bits per heavy atom. The molecular weight excluding hydrogens is 410 g/mol. The number of nitrogens with zero attached hydrogens (tertiary/aromatic N) is 3. The molecule has 0 bridgehead atoms. The van der Waals surface area contributed by atoms with Crippen LogP contribution in [0, 0.1) is 5.92 Å². The molecule has 0 N–H and O–H groups in total. The summed E-state index contributed by atoms with van der Waals surface area (Å²) in [5, 5.41) is 0.886. The number of hydrogen-bond acceptors (Lipinski definition) is 4. The van der Waals surface area contributed by atoms with Gasteiger partial charge in [-0.15, -0.1) is 0 Å². The summed E-state index contributed by atoms with van der Waals surface area (Å²) in [7, 11) is -3.44. The van der Waals surface area contributed by atoms with Crippen molar-refractivity contribution >= 4 is 26.8 Å². The largest absolute Gasteiger partial charge is 0.367 e. The number of likely N-dealkylation sites (tertiary alicyclic amines) is 1. The molecule has 7 heteroatoms. The summed E-state index contributed by atoms with van der Waals surface area (Å²) in [6, 6.07) is 5.54. The van der Waals surface area contributed by atoms with Gasteiger partial charge in [-0.25, -0.2) is 12.4 Å². The SMILES string of the molecule is CCS(=O)(=O)n1c2c(c3cc(C(=O)N4CCC(C)CC4)ccc31)CN(C1=CC=C1)CC2. The van der Waals surface area contributed by atoms with Gasteiger partial charge < -0.3 is 9.80 Å². The summed E-state index contributed by atoms with van der Waals surface area (Å²) in [5.74, 6) is 0.756. The number of hydrogen-bond donors (Lipinski definition) is 0. The van der Waals surface area contributed by atoms with E-state index in [0.29, 0.717) is 30.0 Å². The second kappa shape index (κ2) is 7.55. The molecule has 1 fully saturated rings. The fourth-order valence-corrected chi connectivity index (χ4v) is 6.16. The van der Waals surface area contributed by atoms with Crippen molar-refractivity contribution in [2.24, 2.45) is 5.92 Å². The molecule has 1 aromatic carbocycles. The van der Waals surface area contributed by atoms with Crippen molar-refractivity contribution in [3.05, 3.63) is 58.9 Å². The topological polar surface area (TPSA) is 62.6 Å². The Balaban J connectivity index is 1.59. The van der Waals surface area contributed by atoms with Crippen LogP contribution < -0.4 is 0 Å². The molecule has 3 aliphatic rings.